The van der Waals surface area contributed by atoms with Crippen LogP contribution in [0.25, 0.3) is 11.0 Å². The number of aromatic nitrogens is 2. The van der Waals surface area contributed by atoms with E-state index in [1.807, 2.05) is 12.1 Å². The van der Waals surface area contributed by atoms with Crippen LogP contribution in [0.4, 0.5) is 4.39 Å². The molecule has 0 bridgehead atoms. The highest BCUT2D eigenvalue weighted by Crippen LogP contribution is 2.34. The lowest BCUT2D eigenvalue weighted by Gasteiger charge is -2.17. The Morgan fingerprint density at radius 3 is 2.74 bits per heavy atom. The number of nitrogens with one attached hydrogen (secondary N) is 2. The van der Waals surface area contributed by atoms with Gasteiger partial charge >= 0.3 is 0 Å². The summed E-state index contributed by atoms with van der Waals surface area (Å²) in [5, 5.41) is 3.12. The minimum absolute atomic E-state index is 0.0405. The largest absolute Gasteiger partial charge is 0.486 e. The number of H-pyrrole nitrogens is 1. The van der Waals surface area contributed by atoms with Crippen molar-refractivity contribution in [1.82, 2.24) is 15.3 Å². The molecule has 0 aliphatic carbocycles. The molecule has 2 aliphatic heterocycles. The molecule has 100 valence electrons. The van der Waals surface area contributed by atoms with E-state index in [1.54, 1.807) is 0 Å². The van der Waals surface area contributed by atoms with Crippen molar-refractivity contribution in [2.75, 3.05) is 19.8 Å². The molecule has 6 heteroatoms. The maximum Gasteiger partial charge on any atom is 0.163 e. The number of aromatic amines is 1. The van der Waals surface area contributed by atoms with Crippen molar-refractivity contribution in [3.8, 4) is 11.5 Å². The van der Waals surface area contributed by atoms with Crippen molar-refractivity contribution < 1.29 is 13.9 Å². The molecule has 2 aliphatic rings. The minimum Gasteiger partial charge on any atom is -0.486 e. The Bertz CT molecular complexity index is 585. The van der Waals surface area contributed by atoms with Crippen molar-refractivity contribution in [2.45, 2.75) is 18.6 Å². The molecular weight excluding hydrogens is 249 g/mol. The number of nitrogens with zero attached hydrogens (tertiary/aromatic N) is 1. The third-order valence-corrected chi connectivity index (χ3v) is 3.57. The number of fused-ring (bicyclic) bond motifs is 2. The molecule has 19 heavy (non-hydrogen) atoms. The van der Waals surface area contributed by atoms with Gasteiger partial charge in [-0.15, -0.1) is 0 Å². The average Bonchev–Trinajstić information content (AvgIpc) is 3.01. The third-order valence-electron chi connectivity index (χ3n) is 3.57. The van der Waals surface area contributed by atoms with E-state index >= 15 is 0 Å². The molecule has 1 fully saturated rings. The van der Waals surface area contributed by atoms with E-state index in [1.165, 1.54) is 0 Å². The van der Waals surface area contributed by atoms with Crippen LogP contribution in [0, 0.1) is 0 Å². The highest BCUT2D eigenvalue weighted by Gasteiger charge is 2.27. The lowest BCUT2D eigenvalue weighted by atomic mass is 10.2. The number of imidazole rings is 1. The predicted molar refractivity (Wildman–Crippen MR) is 67.3 cm³/mol. The van der Waals surface area contributed by atoms with E-state index in [4.69, 9.17) is 9.47 Å². The molecule has 0 unspecified atom stereocenters. The zero-order valence-corrected chi connectivity index (χ0v) is 10.3. The summed E-state index contributed by atoms with van der Waals surface area (Å²) in [4.78, 5) is 7.75. The molecule has 2 atom stereocenters. The van der Waals surface area contributed by atoms with Crippen molar-refractivity contribution >= 4 is 11.0 Å². The number of alkyl halides is 1. The van der Waals surface area contributed by atoms with Crippen LogP contribution < -0.4 is 14.8 Å². The zero-order valence-electron chi connectivity index (χ0n) is 10.3. The van der Waals surface area contributed by atoms with Crippen molar-refractivity contribution in [3.05, 3.63) is 18.0 Å². The van der Waals surface area contributed by atoms with E-state index in [-0.39, 0.29) is 6.04 Å². The van der Waals surface area contributed by atoms with Crippen LogP contribution in [-0.4, -0.2) is 35.9 Å². The van der Waals surface area contributed by atoms with Gasteiger partial charge in [-0.3, -0.25) is 0 Å². The summed E-state index contributed by atoms with van der Waals surface area (Å²) in [6.45, 7) is 1.52. The fourth-order valence-corrected chi connectivity index (χ4v) is 2.63. The van der Waals surface area contributed by atoms with E-state index < -0.39 is 6.17 Å². The van der Waals surface area contributed by atoms with Gasteiger partial charge in [0.1, 0.15) is 25.2 Å². The molecule has 1 aromatic carbocycles. The summed E-state index contributed by atoms with van der Waals surface area (Å²) in [6, 6.07) is 3.72. The molecule has 2 aromatic rings. The Hall–Kier alpha value is -1.82. The molecule has 0 amide bonds. The fraction of sp³-hybridized carbons (Fsp3) is 0.462. The van der Waals surface area contributed by atoms with Gasteiger partial charge < -0.3 is 19.8 Å². The topological polar surface area (TPSA) is 59.2 Å². The monoisotopic (exact) mass is 263 g/mol. The number of benzene rings is 1. The minimum atomic E-state index is -0.793. The maximum absolute atomic E-state index is 13.2. The Morgan fingerprint density at radius 2 is 2.00 bits per heavy atom. The molecule has 1 aromatic heterocycles. The molecule has 0 saturated carbocycles. The van der Waals surface area contributed by atoms with Crippen molar-refractivity contribution in [1.29, 1.82) is 0 Å². The van der Waals surface area contributed by atoms with Gasteiger partial charge in [-0.2, -0.15) is 0 Å². The highest BCUT2D eigenvalue weighted by molar-refractivity contribution is 5.80. The summed E-state index contributed by atoms with van der Waals surface area (Å²) in [6.07, 6.45) is -0.329. The van der Waals surface area contributed by atoms with Crippen LogP contribution >= 0.6 is 0 Å². The Morgan fingerprint density at radius 1 is 1.21 bits per heavy atom. The number of hydrogen-bond acceptors (Lipinski definition) is 4. The Labute approximate surface area is 109 Å². The second-order valence-corrected chi connectivity index (χ2v) is 4.93. The summed E-state index contributed by atoms with van der Waals surface area (Å²) in [5.74, 6) is 2.23. The van der Waals surface area contributed by atoms with Crippen LogP contribution in [0.15, 0.2) is 12.1 Å². The van der Waals surface area contributed by atoms with Gasteiger partial charge in [0.05, 0.1) is 17.1 Å². The molecule has 0 radical (unpaired) electrons. The van der Waals surface area contributed by atoms with Gasteiger partial charge in [-0.05, 0) is 0 Å². The first-order chi connectivity index (χ1) is 9.29. The van der Waals surface area contributed by atoms with Crippen LogP contribution in [-0.2, 0) is 0 Å². The Balaban J connectivity index is 1.74. The summed E-state index contributed by atoms with van der Waals surface area (Å²) in [7, 11) is 0. The van der Waals surface area contributed by atoms with Crippen LogP contribution in [0.2, 0.25) is 0 Å². The number of rotatable bonds is 1. The number of ether oxygens (including phenoxy) is 2. The highest BCUT2D eigenvalue weighted by atomic mass is 19.1. The Kier molecular flexibility index (Phi) is 2.38. The lowest BCUT2D eigenvalue weighted by Crippen LogP contribution is -2.15. The van der Waals surface area contributed by atoms with Gasteiger partial charge in [0.15, 0.2) is 11.5 Å². The molecule has 1 saturated heterocycles. The number of hydrogen-bond donors (Lipinski definition) is 2. The van der Waals surface area contributed by atoms with Crippen molar-refractivity contribution in [2.24, 2.45) is 0 Å². The molecule has 4 rings (SSSR count). The molecule has 5 nitrogen and oxygen atoms in total. The van der Waals surface area contributed by atoms with Gasteiger partial charge in [0.25, 0.3) is 0 Å². The van der Waals surface area contributed by atoms with E-state index in [0.717, 1.165) is 28.4 Å². The molecule has 0 spiro atoms. The molecule has 3 heterocycles. The SMILES string of the molecule is F[C@H]1CN[C@H](c2nc3cc4c(cc3[nH]2)OCCO4)C1. The van der Waals surface area contributed by atoms with E-state index in [2.05, 4.69) is 15.3 Å². The summed E-state index contributed by atoms with van der Waals surface area (Å²) < 4.78 is 24.3. The normalized spacial score (nSPS) is 25.9. The lowest BCUT2D eigenvalue weighted by molar-refractivity contribution is 0.172. The summed E-state index contributed by atoms with van der Waals surface area (Å²) >= 11 is 0. The van der Waals surface area contributed by atoms with Crippen molar-refractivity contribution in [3.63, 3.8) is 0 Å². The predicted octanol–water partition coefficient (Wildman–Crippen LogP) is 1.71. The smallest absolute Gasteiger partial charge is 0.163 e. The second-order valence-electron chi connectivity index (χ2n) is 4.93. The first-order valence-electron chi connectivity index (χ1n) is 6.46. The average molecular weight is 263 g/mol. The maximum atomic E-state index is 13.2. The second kappa shape index (κ2) is 4.09. The summed E-state index contributed by atoms with van der Waals surface area (Å²) in [5.41, 5.74) is 1.71. The molecule has 2 N–H and O–H groups in total. The van der Waals surface area contributed by atoms with E-state index in [9.17, 15) is 4.39 Å². The van der Waals surface area contributed by atoms with Crippen LogP contribution in [0.1, 0.15) is 18.3 Å². The fourth-order valence-electron chi connectivity index (χ4n) is 2.63. The number of halogens is 1. The standard InChI is InChI=1S/C13H14FN3O2/c14-7-3-10(15-6-7)13-16-8-4-11-12(5-9(8)17-13)19-2-1-18-11/h4-5,7,10,15H,1-3,6H2,(H,16,17)/t7-,10+/m1/s1. The molecular formula is C13H14FN3O2. The first-order valence-corrected chi connectivity index (χ1v) is 6.46. The first kappa shape index (κ1) is 11.0. The van der Waals surface area contributed by atoms with Crippen LogP contribution in [0.5, 0.6) is 11.5 Å². The quantitative estimate of drug-likeness (QED) is 0.822. The zero-order chi connectivity index (χ0) is 12.8. The third kappa shape index (κ3) is 1.83. The van der Waals surface area contributed by atoms with Gasteiger partial charge in [0.2, 0.25) is 0 Å². The van der Waals surface area contributed by atoms with Gasteiger partial charge in [-0.1, -0.05) is 0 Å². The van der Waals surface area contributed by atoms with E-state index in [0.29, 0.717) is 26.2 Å². The van der Waals surface area contributed by atoms with Gasteiger partial charge in [0, 0.05) is 25.1 Å². The van der Waals surface area contributed by atoms with Crippen LogP contribution in [0.3, 0.4) is 0 Å². The van der Waals surface area contributed by atoms with Gasteiger partial charge in [-0.25, -0.2) is 9.37 Å².